The topological polar surface area (TPSA) is 77.8 Å². The molecule has 33 heavy (non-hydrogen) atoms. The molecule has 3 rings (SSSR count). The first-order chi connectivity index (χ1) is 16.0. The Morgan fingerprint density at radius 3 is 2.33 bits per heavy atom. The van der Waals surface area contributed by atoms with Gasteiger partial charge in [0.25, 0.3) is 0 Å². The van der Waals surface area contributed by atoms with Crippen molar-refractivity contribution in [3.63, 3.8) is 0 Å². The average molecular weight is 447 g/mol. The molecule has 0 aliphatic heterocycles. The fourth-order valence-electron chi connectivity index (χ4n) is 2.97. The summed E-state index contributed by atoms with van der Waals surface area (Å²) in [6.45, 7) is 2.15. The highest BCUT2D eigenvalue weighted by Crippen LogP contribution is 2.30. The Bertz CT molecular complexity index is 1180. The zero-order valence-electron chi connectivity index (χ0n) is 18.2. The highest BCUT2D eigenvalue weighted by Gasteiger charge is 2.13. The van der Waals surface area contributed by atoms with Gasteiger partial charge in [0.2, 0.25) is 0 Å². The summed E-state index contributed by atoms with van der Waals surface area (Å²) >= 11 is 0. The predicted octanol–water partition coefficient (Wildman–Crippen LogP) is 5.28. The van der Waals surface area contributed by atoms with Crippen molar-refractivity contribution >= 4 is 17.6 Å². The Morgan fingerprint density at radius 2 is 1.70 bits per heavy atom. The smallest absolute Gasteiger partial charge is 0.349 e. The summed E-state index contributed by atoms with van der Waals surface area (Å²) in [6.07, 6.45) is 1.53. The van der Waals surface area contributed by atoms with Gasteiger partial charge < -0.3 is 18.9 Å². The number of carbonyl (C=O) groups excluding carboxylic acids is 1. The lowest BCUT2D eigenvalue weighted by molar-refractivity contribution is -0.136. The van der Waals surface area contributed by atoms with Crippen LogP contribution < -0.4 is 18.9 Å². The first-order valence-electron chi connectivity index (χ1n) is 10.1. The van der Waals surface area contributed by atoms with E-state index < -0.39 is 11.8 Å². The maximum absolute atomic E-state index is 14.0. The third kappa shape index (κ3) is 6.34. The number of esters is 1. The average Bonchev–Trinajstić information content (AvgIpc) is 2.83. The molecule has 0 spiro atoms. The van der Waals surface area contributed by atoms with Crippen LogP contribution in [0, 0.1) is 17.1 Å². The van der Waals surface area contributed by atoms with Gasteiger partial charge in [0.05, 0.1) is 25.4 Å². The van der Waals surface area contributed by atoms with Crippen molar-refractivity contribution in [3.05, 3.63) is 83.7 Å². The molecule has 0 N–H and O–H groups in total. The van der Waals surface area contributed by atoms with E-state index in [-0.39, 0.29) is 29.2 Å². The van der Waals surface area contributed by atoms with Crippen LogP contribution in [0.2, 0.25) is 0 Å². The number of halogens is 1. The molecule has 0 amide bonds. The summed E-state index contributed by atoms with van der Waals surface area (Å²) in [5.41, 5.74) is 0.932. The molecule has 3 aromatic carbocycles. The van der Waals surface area contributed by atoms with E-state index in [0.717, 1.165) is 0 Å². The highest BCUT2D eigenvalue weighted by molar-refractivity contribution is 5.90. The lowest BCUT2D eigenvalue weighted by Gasteiger charge is -2.11. The van der Waals surface area contributed by atoms with Crippen LogP contribution in [-0.2, 0) is 4.79 Å². The van der Waals surface area contributed by atoms with E-state index in [1.807, 2.05) is 13.0 Å². The fraction of sp³-hybridized carbons (Fsp3) is 0.154. The van der Waals surface area contributed by atoms with Gasteiger partial charge in [-0.3, -0.25) is 0 Å². The molecule has 7 heteroatoms. The third-order valence-electron chi connectivity index (χ3n) is 4.50. The zero-order valence-corrected chi connectivity index (χ0v) is 18.2. The normalized spacial score (nSPS) is 10.8. The standard InChI is InChI=1S/C26H22FNO5/c1-3-31-20-9-11-21(12-10-20)32-17-26(29)33-24-13-8-18(15-25(24)30-2)14-19(16-28)22-6-4-5-7-23(22)27/h4-15H,3,17H2,1-2H3/b19-14-. The van der Waals surface area contributed by atoms with Crippen LogP contribution in [0.15, 0.2) is 66.7 Å². The van der Waals surface area contributed by atoms with Crippen molar-refractivity contribution in [2.75, 3.05) is 20.3 Å². The monoisotopic (exact) mass is 447 g/mol. The van der Waals surface area contributed by atoms with E-state index in [9.17, 15) is 14.4 Å². The van der Waals surface area contributed by atoms with Gasteiger partial charge in [-0.05, 0) is 61.0 Å². The number of allylic oxidation sites excluding steroid dienone is 1. The number of rotatable bonds is 9. The van der Waals surface area contributed by atoms with Crippen LogP contribution in [0.1, 0.15) is 18.1 Å². The van der Waals surface area contributed by atoms with E-state index in [1.54, 1.807) is 48.5 Å². The molecule has 0 aromatic heterocycles. The van der Waals surface area contributed by atoms with Crippen molar-refractivity contribution in [3.8, 4) is 29.1 Å². The van der Waals surface area contributed by atoms with Gasteiger partial charge >= 0.3 is 5.97 Å². The van der Waals surface area contributed by atoms with Crippen LogP contribution >= 0.6 is 0 Å². The molecule has 3 aromatic rings. The number of nitrogens with zero attached hydrogens (tertiary/aromatic N) is 1. The van der Waals surface area contributed by atoms with Crippen molar-refractivity contribution < 1.29 is 28.1 Å². The first-order valence-corrected chi connectivity index (χ1v) is 10.1. The number of hydrogen-bond acceptors (Lipinski definition) is 6. The molecule has 0 saturated carbocycles. The van der Waals surface area contributed by atoms with Crippen molar-refractivity contribution in [2.24, 2.45) is 0 Å². The van der Waals surface area contributed by atoms with Crippen LogP contribution in [0.4, 0.5) is 4.39 Å². The molecule has 0 aliphatic carbocycles. The van der Waals surface area contributed by atoms with Gasteiger partial charge in [-0.25, -0.2) is 9.18 Å². The maximum atomic E-state index is 14.0. The van der Waals surface area contributed by atoms with E-state index >= 15 is 0 Å². The van der Waals surface area contributed by atoms with Crippen molar-refractivity contribution in [1.82, 2.24) is 0 Å². The largest absolute Gasteiger partial charge is 0.494 e. The quantitative estimate of drug-likeness (QED) is 0.192. The Labute approximate surface area is 191 Å². The van der Waals surface area contributed by atoms with Gasteiger partial charge in [0.15, 0.2) is 18.1 Å². The molecule has 6 nitrogen and oxygen atoms in total. The molecule has 0 bridgehead atoms. The fourth-order valence-corrected chi connectivity index (χ4v) is 2.97. The van der Waals surface area contributed by atoms with Crippen LogP contribution in [0.3, 0.4) is 0 Å². The number of carbonyl (C=O) groups is 1. The van der Waals surface area contributed by atoms with E-state index in [0.29, 0.717) is 23.7 Å². The van der Waals surface area contributed by atoms with Gasteiger partial charge in [-0.2, -0.15) is 5.26 Å². The summed E-state index contributed by atoms with van der Waals surface area (Å²) < 4.78 is 35.5. The molecule has 0 radical (unpaired) electrons. The molecule has 0 saturated heterocycles. The first kappa shape index (κ1) is 23.4. The summed E-state index contributed by atoms with van der Waals surface area (Å²) in [4.78, 5) is 12.2. The highest BCUT2D eigenvalue weighted by atomic mass is 19.1. The van der Waals surface area contributed by atoms with E-state index in [1.165, 1.54) is 31.4 Å². The van der Waals surface area contributed by atoms with Gasteiger partial charge in [0, 0.05) is 5.56 Å². The minimum atomic E-state index is -0.616. The second-order valence-electron chi connectivity index (χ2n) is 6.73. The Kier molecular flexibility index (Phi) is 8.03. The van der Waals surface area contributed by atoms with E-state index in [2.05, 4.69) is 0 Å². The predicted molar refractivity (Wildman–Crippen MR) is 122 cm³/mol. The maximum Gasteiger partial charge on any atom is 0.349 e. The SMILES string of the molecule is CCOc1ccc(OCC(=O)Oc2ccc(/C=C(/C#N)c3ccccc3F)cc2OC)cc1. The van der Waals surface area contributed by atoms with Crippen molar-refractivity contribution in [1.29, 1.82) is 5.26 Å². The molecule has 168 valence electrons. The van der Waals surface area contributed by atoms with E-state index in [4.69, 9.17) is 18.9 Å². The summed E-state index contributed by atoms with van der Waals surface area (Å²) in [5, 5.41) is 9.45. The number of nitriles is 1. The molecule has 0 heterocycles. The second-order valence-corrected chi connectivity index (χ2v) is 6.73. The lowest BCUT2D eigenvalue weighted by atomic mass is 10.0. The lowest BCUT2D eigenvalue weighted by Crippen LogP contribution is -2.18. The Balaban J connectivity index is 1.68. The number of benzene rings is 3. The molecule has 0 atom stereocenters. The summed E-state index contributed by atoms with van der Waals surface area (Å²) in [7, 11) is 1.43. The minimum Gasteiger partial charge on any atom is -0.494 e. The van der Waals surface area contributed by atoms with Gasteiger partial charge in [-0.15, -0.1) is 0 Å². The molecule has 0 fully saturated rings. The third-order valence-corrected chi connectivity index (χ3v) is 4.50. The number of hydrogen-bond donors (Lipinski definition) is 0. The second kappa shape index (κ2) is 11.3. The number of ether oxygens (including phenoxy) is 4. The number of methoxy groups -OCH3 is 1. The minimum absolute atomic E-state index is 0.156. The van der Waals surface area contributed by atoms with Gasteiger partial charge in [-0.1, -0.05) is 24.3 Å². The Morgan fingerprint density at radius 1 is 1.00 bits per heavy atom. The van der Waals surface area contributed by atoms with Gasteiger partial charge in [0.1, 0.15) is 17.3 Å². The van der Waals surface area contributed by atoms with Crippen LogP contribution in [-0.4, -0.2) is 26.3 Å². The molecule has 0 aliphatic rings. The van der Waals surface area contributed by atoms with Crippen LogP contribution in [0.5, 0.6) is 23.0 Å². The summed E-state index contributed by atoms with van der Waals surface area (Å²) in [5.74, 6) is 0.578. The zero-order chi connectivity index (χ0) is 23.6. The van der Waals surface area contributed by atoms with Crippen molar-refractivity contribution in [2.45, 2.75) is 6.92 Å². The molecular formula is C26H22FNO5. The van der Waals surface area contributed by atoms with Crippen LogP contribution in [0.25, 0.3) is 11.6 Å². The summed E-state index contributed by atoms with van der Waals surface area (Å²) in [6, 6.07) is 19.7. The molecule has 0 unspecified atom stereocenters. The molecular weight excluding hydrogens is 425 g/mol. The Hall–Kier alpha value is -4.31.